The lowest BCUT2D eigenvalue weighted by Crippen LogP contribution is -2.67. The molecule has 5 fully saturated rings. The maximum absolute atomic E-state index is 12.6. The van der Waals surface area contributed by atoms with Gasteiger partial charge in [0.05, 0.1) is 6.10 Å². The Morgan fingerprint density at radius 3 is 2.18 bits per heavy atom. The van der Waals surface area contributed by atoms with Crippen molar-refractivity contribution in [2.75, 3.05) is 0 Å². The van der Waals surface area contributed by atoms with Crippen molar-refractivity contribution in [3.63, 3.8) is 0 Å². The number of aliphatic carboxylic acids is 1. The Balaban J connectivity index is 1.57. The third kappa shape index (κ3) is 2.75. The van der Waals surface area contributed by atoms with E-state index in [1.807, 2.05) is 0 Å². The summed E-state index contributed by atoms with van der Waals surface area (Å²) >= 11 is 0. The Morgan fingerprint density at radius 1 is 0.848 bits per heavy atom. The van der Waals surface area contributed by atoms with Crippen molar-refractivity contribution in [2.45, 2.75) is 112 Å². The first-order chi connectivity index (χ1) is 15.3. The van der Waals surface area contributed by atoms with E-state index in [-0.39, 0.29) is 33.7 Å². The van der Waals surface area contributed by atoms with Crippen LogP contribution in [0.15, 0.2) is 12.2 Å². The number of allylic oxidation sites excluding steroid dienone is 1. The molecule has 5 saturated carbocycles. The number of hydrogen-bond acceptors (Lipinski definition) is 3. The van der Waals surface area contributed by atoms with Gasteiger partial charge in [-0.05, 0) is 122 Å². The molecule has 3 heteroatoms. The van der Waals surface area contributed by atoms with Gasteiger partial charge in [0, 0.05) is 11.4 Å². The van der Waals surface area contributed by atoms with Crippen LogP contribution in [0.2, 0.25) is 0 Å². The third-order valence-corrected chi connectivity index (χ3v) is 13.5. The molecule has 33 heavy (non-hydrogen) atoms. The number of aliphatic hydroxyl groups excluding tert-OH is 1. The van der Waals surface area contributed by atoms with E-state index in [1.54, 1.807) is 0 Å². The Kier molecular flexibility index (Phi) is 5.15. The van der Waals surface area contributed by atoms with Crippen molar-refractivity contribution in [1.29, 1.82) is 0 Å². The summed E-state index contributed by atoms with van der Waals surface area (Å²) < 4.78 is 0. The minimum atomic E-state index is -0.788. The van der Waals surface area contributed by atoms with Crippen molar-refractivity contribution in [3.8, 4) is 0 Å². The molecular weight excluding hydrogens is 408 g/mol. The van der Waals surface area contributed by atoms with Gasteiger partial charge >= 0.3 is 0 Å². The van der Waals surface area contributed by atoms with Crippen LogP contribution in [0.1, 0.15) is 106 Å². The van der Waals surface area contributed by atoms with Crippen LogP contribution >= 0.6 is 0 Å². The quantitative estimate of drug-likeness (QED) is 0.539. The lowest BCUT2D eigenvalue weighted by molar-refractivity contribution is -0.329. The predicted molar refractivity (Wildman–Crippen MR) is 130 cm³/mol. The van der Waals surface area contributed by atoms with Gasteiger partial charge in [0.1, 0.15) is 0 Å². The Labute approximate surface area is 201 Å². The fourth-order valence-corrected chi connectivity index (χ4v) is 11.5. The van der Waals surface area contributed by atoms with Gasteiger partial charge in [-0.1, -0.05) is 46.8 Å². The van der Waals surface area contributed by atoms with Crippen molar-refractivity contribution >= 4 is 5.97 Å². The molecule has 0 aromatic rings. The molecule has 0 spiro atoms. The molecule has 186 valence electrons. The number of carboxylic acid groups (broad SMARTS) is 1. The zero-order valence-corrected chi connectivity index (χ0v) is 22.0. The number of carbonyl (C=O) groups excluding carboxylic acids is 1. The summed E-state index contributed by atoms with van der Waals surface area (Å²) in [5.74, 6) is 1.38. The Morgan fingerprint density at radius 2 is 1.55 bits per heavy atom. The van der Waals surface area contributed by atoms with Crippen LogP contribution in [0.25, 0.3) is 0 Å². The molecule has 0 bridgehead atoms. The molecule has 0 aromatic heterocycles. The second-order valence-electron chi connectivity index (χ2n) is 14.5. The lowest BCUT2D eigenvalue weighted by atomic mass is 9.32. The molecule has 0 radical (unpaired) electrons. The maximum Gasteiger partial charge on any atom is 0.0594 e. The van der Waals surface area contributed by atoms with Gasteiger partial charge < -0.3 is 15.0 Å². The van der Waals surface area contributed by atoms with Gasteiger partial charge in [-0.15, -0.1) is 0 Å². The first-order valence-electron chi connectivity index (χ1n) is 13.8. The number of hydrogen-bond donors (Lipinski definition) is 1. The molecule has 0 unspecified atom stereocenters. The summed E-state index contributed by atoms with van der Waals surface area (Å²) in [6.45, 7) is 18.7. The molecular formula is C30H47O3-. The third-order valence-electron chi connectivity index (χ3n) is 13.5. The van der Waals surface area contributed by atoms with Crippen molar-refractivity contribution < 1.29 is 15.0 Å². The van der Waals surface area contributed by atoms with Crippen LogP contribution in [0, 0.1) is 56.7 Å². The summed E-state index contributed by atoms with van der Waals surface area (Å²) in [6.07, 6.45) is 10.1. The van der Waals surface area contributed by atoms with E-state index in [0.29, 0.717) is 23.7 Å². The van der Waals surface area contributed by atoms with E-state index in [2.05, 4.69) is 48.1 Å². The van der Waals surface area contributed by atoms with E-state index in [9.17, 15) is 15.0 Å². The van der Waals surface area contributed by atoms with E-state index in [1.165, 1.54) is 24.8 Å². The van der Waals surface area contributed by atoms with Crippen molar-refractivity contribution in [2.24, 2.45) is 56.7 Å². The molecule has 3 nitrogen and oxygen atoms in total. The zero-order chi connectivity index (χ0) is 24.2. The Bertz CT molecular complexity index is 861. The number of aliphatic hydroxyl groups is 1. The molecule has 1 N–H and O–H groups in total. The van der Waals surface area contributed by atoms with Crippen LogP contribution in [-0.4, -0.2) is 17.2 Å². The molecule has 0 saturated heterocycles. The fraction of sp³-hybridized carbons (Fsp3) is 0.900. The summed E-state index contributed by atoms with van der Waals surface area (Å²) in [6, 6.07) is 0. The molecule has 0 aromatic carbocycles. The minimum Gasteiger partial charge on any atom is -0.550 e. The average Bonchev–Trinajstić information content (AvgIpc) is 3.13. The topological polar surface area (TPSA) is 60.4 Å². The SMILES string of the molecule is C=C(C)[C@@H]1CC[C@]2(C(=O)[O-])CC[C@]3(C)[C@@H](CC[C@@H]4[C@@]5(C)CC[C@@H](O)C(C)(C)[C@@H]5CC[C@]43C)[C@@H]12. The standard InChI is InChI=1S/C30H48O3/c1-18(2)19-10-15-30(25(32)33)17-16-28(6)20(24(19)30)8-9-22-27(5)13-12-23(31)26(3,4)21(27)11-14-29(22,28)7/h19-24,31H,1,8-17H2,2-7H3,(H,32,33)/p-1/t19-,20-,21-,22+,23+,24+,27-,28+,29+,30-/m0/s1. The minimum absolute atomic E-state index is 0.0285. The lowest BCUT2D eigenvalue weighted by Gasteiger charge is -2.73. The zero-order valence-electron chi connectivity index (χ0n) is 22.0. The summed E-state index contributed by atoms with van der Waals surface area (Å²) in [4.78, 5) is 12.6. The van der Waals surface area contributed by atoms with E-state index < -0.39 is 11.4 Å². The summed E-state index contributed by atoms with van der Waals surface area (Å²) in [7, 11) is 0. The van der Waals surface area contributed by atoms with E-state index >= 15 is 0 Å². The molecule has 5 aliphatic carbocycles. The number of carbonyl (C=O) groups is 1. The van der Waals surface area contributed by atoms with E-state index in [0.717, 1.165) is 44.9 Å². The molecule has 0 aliphatic heterocycles. The maximum atomic E-state index is 12.6. The highest BCUT2D eigenvalue weighted by Crippen LogP contribution is 2.77. The number of fused-ring (bicyclic) bond motifs is 7. The highest BCUT2D eigenvalue weighted by molar-refractivity contribution is 5.74. The first kappa shape index (κ1) is 23.9. The monoisotopic (exact) mass is 455 g/mol. The highest BCUT2D eigenvalue weighted by Gasteiger charge is 2.71. The smallest absolute Gasteiger partial charge is 0.0594 e. The van der Waals surface area contributed by atoms with Gasteiger partial charge in [0.15, 0.2) is 0 Å². The number of carboxylic acids is 1. The van der Waals surface area contributed by atoms with Crippen molar-refractivity contribution in [3.05, 3.63) is 12.2 Å². The molecule has 0 heterocycles. The second-order valence-corrected chi connectivity index (χ2v) is 14.5. The summed E-state index contributed by atoms with van der Waals surface area (Å²) in [5.41, 5.74) is 1.15. The normalized spacial score (nSPS) is 55.0. The largest absolute Gasteiger partial charge is 0.550 e. The Hall–Kier alpha value is -0.830. The van der Waals surface area contributed by atoms with Gasteiger partial charge in [-0.3, -0.25) is 0 Å². The molecule has 0 amide bonds. The van der Waals surface area contributed by atoms with E-state index in [4.69, 9.17) is 0 Å². The molecule has 5 rings (SSSR count). The number of rotatable bonds is 2. The molecule has 5 aliphatic rings. The van der Waals surface area contributed by atoms with Crippen molar-refractivity contribution in [1.82, 2.24) is 0 Å². The highest BCUT2D eigenvalue weighted by atomic mass is 16.4. The summed E-state index contributed by atoms with van der Waals surface area (Å²) in [5, 5.41) is 23.5. The van der Waals surface area contributed by atoms with Gasteiger partial charge in [-0.25, -0.2) is 0 Å². The van der Waals surface area contributed by atoms with Gasteiger partial charge in [-0.2, -0.15) is 0 Å². The van der Waals surface area contributed by atoms with Crippen LogP contribution < -0.4 is 5.11 Å². The van der Waals surface area contributed by atoms with Crippen LogP contribution in [0.5, 0.6) is 0 Å². The van der Waals surface area contributed by atoms with Gasteiger partial charge in [0.25, 0.3) is 0 Å². The average molecular weight is 456 g/mol. The first-order valence-corrected chi connectivity index (χ1v) is 13.8. The fourth-order valence-electron chi connectivity index (χ4n) is 11.5. The molecule has 10 atom stereocenters. The van der Waals surface area contributed by atoms with Crippen LogP contribution in [0.4, 0.5) is 0 Å². The second kappa shape index (κ2) is 7.11. The predicted octanol–water partition coefficient (Wildman–Crippen LogP) is 5.75. The van der Waals surface area contributed by atoms with Crippen LogP contribution in [0.3, 0.4) is 0 Å². The van der Waals surface area contributed by atoms with Gasteiger partial charge in [0.2, 0.25) is 0 Å². The van der Waals surface area contributed by atoms with Crippen LogP contribution in [-0.2, 0) is 4.79 Å².